The van der Waals surface area contributed by atoms with E-state index < -0.39 is 0 Å². The number of hydrogen-bond acceptors (Lipinski definition) is 3. The number of nitrogens with zero attached hydrogens (tertiary/aromatic N) is 2. The van der Waals surface area contributed by atoms with Crippen LogP contribution in [0.2, 0.25) is 0 Å². The van der Waals surface area contributed by atoms with Crippen LogP contribution in [0.3, 0.4) is 0 Å². The van der Waals surface area contributed by atoms with Crippen LogP contribution in [0.5, 0.6) is 0 Å². The first-order valence-corrected chi connectivity index (χ1v) is 6.76. The predicted octanol–water partition coefficient (Wildman–Crippen LogP) is 2.59. The molecule has 3 rings (SSSR count). The molecular weight excluding hydrogens is 234 g/mol. The lowest BCUT2D eigenvalue weighted by molar-refractivity contribution is 0.745. The highest BCUT2D eigenvalue weighted by Gasteiger charge is 2.14. The zero-order valence-corrected chi connectivity index (χ0v) is 11.3. The maximum atomic E-state index is 5.68. The average molecular weight is 253 g/mol. The first-order chi connectivity index (χ1) is 9.28. The molecule has 1 aliphatic rings. The Labute approximate surface area is 114 Å². The minimum absolute atomic E-state index is 0.536. The Morgan fingerprint density at radius 3 is 2.95 bits per heavy atom. The summed E-state index contributed by atoms with van der Waals surface area (Å²) >= 11 is 0. The van der Waals surface area contributed by atoms with Gasteiger partial charge in [-0.3, -0.25) is 4.98 Å². The second kappa shape index (κ2) is 5.02. The van der Waals surface area contributed by atoms with Gasteiger partial charge in [0.05, 0.1) is 0 Å². The lowest BCUT2D eigenvalue weighted by Crippen LogP contribution is -2.24. The predicted molar refractivity (Wildman–Crippen MR) is 79.2 cm³/mol. The van der Waals surface area contributed by atoms with Crippen LogP contribution in [-0.4, -0.2) is 18.6 Å². The number of aryl methyl sites for hydroxylation is 1. The van der Waals surface area contributed by atoms with E-state index in [1.165, 1.54) is 23.2 Å². The Bertz CT molecular complexity index is 592. The second-order valence-electron chi connectivity index (χ2n) is 5.15. The number of pyridine rings is 1. The number of rotatable bonds is 2. The van der Waals surface area contributed by atoms with Crippen LogP contribution < -0.4 is 10.6 Å². The molecule has 0 fully saturated rings. The third-order valence-electron chi connectivity index (χ3n) is 3.79. The lowest BCUT2D eigenvalue weighted by atomic mass is 9.97. The molecule has 0 spiro atoms. The van der Waals surface area contributed by atoms with Crippen LogP contribution in [0.25, 0.3) is 11.1 Å². The fraction of sp³-hybridized carbons (Fsp3) is 0.312. The second-order valence-corrected chi connectivity index (χ2v) is 5.15. The SMILES string of the molecule is CN1CCCc2cc(-c3cncc(CN)c3)ccc21. The van der Waals surface area contributed by atoms with Crippen LogP contribution in [-0.2, 0) is 13.0 Å². The van der Waals surface area contributed by atoms with Gasteiger partial charge in [-0.15, -0.1) is 0 Å². The van der Waals surface area contributed by atoms with Crippen molar-refractivity contribution in [3.8, 4) is 11.1 Å². The molecule has 0 saturated heterocycles. The first-order valence-electron chi connectivity index (χ1n) is 6.76. The van der Waals surface area contributed by atoms with E-state index >= 15 is 0 Å². The highest BCUT2D eigenvalue weighted by atomic mass is 15.1. The van der Waals surface area contributed by atoms with Crippen molar-refractivity contribution in [2.24, 2.45) is 5.73 Å². The van der Waals surface area contributed by atoms with Crippen molar-refractivity contribution < 1.29 is 0 Å². The van der Waals surface area contributed by atoms with Crippen molar-refractivity contribution in [1.29, 1.82) is 0 Å². The molecule has 0 saturated carbocycles. The van der Waals surface area contributed by atoms with E-state index in [2.05, 4.69) is 41.2 Å². The highest BCUT2D eigenvalue weighted by Crippen LogP contribution is 2.30. The van der Waals surface area contributed by atoms with Gasteiger partial charge in [0.1, 0.15) is 0 Å². The van der Waals surface area contributed by atoms with Gasteiger partial charge in [-0.2, -0.15) is 0 Å². The van der Waals surface area contributed by atoms with Gasteiger partial charge in [-0.25, -0.2) is 0 Å². The largest absolute Gasteiger partial charge is 0.374 e. The van der Waals surface area contributed by atoms with E-state index in [1.807, 2.05) is 12.4 Å². The summed E-state index contributed by atoms with van der Waals surface area (Å²) in [5.41, 5.74) is 11.9. The minimum Gasteiger partial charge on any atom is -0.374 e. The molecule has 0 radical (unpaired) electrons. The van der Waals surface area contributed by atoms with Crippen LogP contribution in [0.4, 0.5) is 5.69 Å². The molecule has 98 valence electrons. The zero-order valence-electron chi connectivity index (χ0n) is 11.3. The van der Waals surface area contributed by atoms with Gasteiger partial charge < -0.3 is 10.6 Å². The summed E-state index contributed by atoms with van der Waals surface area (Å²) < 4.78 is 0. The Kier molecular flexibility index (Phi) is 3.22. The van der Waals surface area contributed by atoms with E-state index in [0.717, 1.165) is 24.1 Å². The van der Waals surface area contributed by atoms with Gasteiger partial charge in [-0.05, 0) is 47.7 Å². The van der Waals surface area contributed by atoms with E-state index in [-0.39, 0.29) is 0 Å². The molecule has 19 heavy (non-hydrogen) atoms. The Morgan fingerprint density at radius 2 is 2.11 bits per heavy atom. The summed E-state index contributed by atoms with van der Waals surface area (Å²) in [7, 11) is 2.16. The van der Waals surface area contributed by atoms with Crippen molar-refractivity contribution in [1.82, 2.24) is 4.98 Å². The Morgan fingerprint density at radius 1 is 1.21 bits per heavy atom. The van der Waals surface area contributed by atoms with Crippen LogP contribution in [0.15, 0.2) is 36.7 Å². The molecule has 1 aromatic heterocycles. The first kappa shape index (κ1) is 12.2. The maximum Gasteiger partial charge on any atom is 0.0396 e. The lowest BCUT2D eigenvalue weighted by Gasteiger charge is -2.27. The third-order valence-corrected chi connectivity index (χ3v) is 3.79. The summed E-state index contributed by atoms with van der Waals surface area (Å²) in [6, 6.07) is 8.82. The minimum atomic E-state index is 0.536. The van der Waals surface area contributed by atoms with Crippen molar-refractivity contribution in [2.45, 2.75) is 19.4 Å². The Balaban J connectivity index is 2.01. The molecule has 1 aliphatic heterocycles. The van der Waals surface area contributed by atoms with Crippen molar-refractivity contribution in [3.05, 3.63) is 47.8 Å². The third kappa shape index (κ3) is 2.34. The molecule has 2 heterocycles. The Hall–Kier alpha value is -1.87. The fourth-order valence-corrected chi connectivity index (χ4v) is 2.72. The zero-order chi connectivity index (χ0) is 13.2. The smallest absolute Gasteiger partial charge is 0.0396 e. The standard InChI is InChI=1S/C16H19N3/c1-19-6-2-3-14-8-13(4-5-16(14)19)15-7-12(9-17)10-18-11-15/h4-5,7-8,10-11H,2-3,6,9,17H2,1H3. The number of benzene rings is 1. The van der Waals surface area contributed by atoms with Crippen molar-refractivity contribution in [2.75, 3.05) is 18.5 Å². The summed E-state index contributed by atoms with van der Waals surface area (Å²) in [4.78, 5) is 6.60. The molecule has 2 N–H and O–H groups in total. The van der Waals surface area contributed by atoms with Gasteiger partial charge in [0, 0.05) is 43.8 Å². The van der Waals surface area contributed by atoms with E-state index in [1.54, 1.807) is 0 Å². The summed E-state index contributed by atoms with van der Waals surface area (Å²) in [6.07, 6.45) is 6.13. The van der Waals surface area contributed by atoms with E-state index in [4.69, 9.17) is 5.73 Å². The molecule has 0 unspecified atom stereocenters. The summed E-state index contributed by atoms with van der Waals surface area (Å²) in [5.74, 6) is 0. The number of hydrogen-bond donors (Lipinski definition) is 1. The molecule has 0 aliphatic carbocycles. The monoisotopic (exact) mass is 253 g/mol. The fourth-order valence-electron chi connectivity index (χ4n) is 2.72. The molecule has 0 atom stereocenters. The molecule has 0 bridgehead atoms. The molecular formula is C16H19N3. The number of nitrogens with two attached hydrogens (primary N) is 1. The molecule has 3 heteroatoms. The van der Waals surface area contributed by atoms with Gasteiger partial charge in [0.15, 0.2) is 0 Å². The topological polar surface area (TPSA) is 42.2 Å². The molecule has 2 aromatic rings. The van der Waals surface area contributed by atoms with Crippen molar-refractivity contribution in [3.63, 3.8) is 0 Å². The van der Waals surface area contributed by atoms with Crippen molar-refractivity contribution >= 4 is 5.69 Å². The van der Waals surface area contributed by atoms with E-state index in [9.17, 15) is 0 Å². The van der Waals surface area contributed by atoms with Crippen LogP contribution in [0, 0.1) is 0 Å². The molecule has 0 amide bonds. The number of fused-ring (bicyclic) bond motifs is 1. The highest BCUT2D eigenvalue weighted by molar-refractivity contribution is 5.69. The quantitative estimate of drug-likeness (QED) is 0.894. The average Bonchev–Trinajstić information content (AvgIpc) is 2.47. The molecule has 3 nitrogen and oxygen atoms in total. The maximum absolute atomic E-state index is 5.68. The summed E-state index contributed by atoms with van der Waals surface area (Å²) in [6.45, 7) is 1.69. The number of aromatic nitrogens is 1. The van der Waals surface area contributed by atoms with Gasteiger partial charge >= 0.3 is 0 Å². The molecule has 1 aromatic carbocycles. The number of anilines is 1. The van der Waals surface area contributed by atoms with Crippen LogP contribution >= 0.6 is 0 Å². The van der Waals surface area contributed by atoms with Crippen LogP contribution in [0.1, 0.15) is 17.5 Å². The van der Waals surface area contributed by atoms with Gasteiger partial charge in [0.25, 0.3) is 0 Å². The van der Waals surface area contributed by atoms with E-state index in [0.29, 0.717) is 6.54 Å². The van der Waals surface area contributed by atoms with Gasteiger partial charge in [0.2, 0.25) is 0 Å². The van der Waals surface area contributed by atoms with Gasteiger partial charge in [-0.1, -0.05) is 6.07 Å². The summed E-state index contributed by atoms with van der Waals surface area (Å²) in [5, 5.41) is 0. The normalized spacial score (nSPS) is 14.3.